The Bertz CT molecular complexity index is 1120. The number of anilines is 1. The third-order valence-electron chi connectivity index (χ3n) is 5.94. The summed E-state index contributed by atoms with van der Waals surface area (Å²) in [6.07, 6.45) is 1.48. The molecule has 0 saturated carbocycles. The van der Waals surface area contributed by atoms with Crippen LogP contribution in [0.2, 0.25) is 5.15 Å². The molecule has 0 radical (unpaired) electrons. The van der Waals surface area contributed by atoms with Gasteiger partial charge in [0, 0.05) is 51.2 Å². The molecule has 2 heterocycles. The van der Waals surface area contributed by atoms with Gasteiger partial charge in [0.1, 0.15) is 5.15 Å². The van der Waals surface area contributed by atoms with Crippen molar-refractivity contribution in [2.45, 2.75) is 13.1 Å². The SMILES string of the molecule is COc1ccc(CN2CCN(c3cccc(CNC(=O)c4ccc(Cl)nc4)c3)CC2)cc1OC. The maximum atomic E-state index is 12.4. The maximum absolute atomic E-state index is 12.4. The Hall–Kier alpha value is -3.29. The van der Waals surface area contributed by atoms with Crippen LogP contribution in [0.3, 0.4) is 0 Å². The number of methoxy groups -OCH3 is 2. The Balaban J connectivity index is 1.30. The Morgan fingerprint density at radius 3 is 2.47 bits per heavy atom. The molecule has 1 N–H and O–H groups in total. The van der Waals surface area contributed by atoms with Crippen LogP contribution in [0.4, 0.5) is 5.69 Å². The number of pyridine rings is 1. The minimum absolute atomic E-state index is 0.168. The van der Waals surface area contributed by atoms with Gasteiger partial charge in [-0.1, -0.05) is 29.8 Å². The zero-order valence-corrected chi connectivity index (χ0v) is 20.2. The Morgan fingerprint density at radius 2 is 1.76 bits per heavy atom. The van der Waals surface area contributed by atoms with Gasteiger partial charge in [0.2, 0.25) is 0 Å². The van der Waals surface area contributed by atoms with E-state index in [-0.39, 0.29) is 5.91 Å². The zero-order valence-electron chi connectivity index (χ0n) is 19.5. The summed E-state index contributed by atoms with van der Waals surface area (Å²) >= 11 is 5.79. The lowest BCUT2D eigenvalue weighted by Gasteiger charge is -2.36. The molecule has 8 heteroatoms. The van der Waals surface area contributed by atoms with E-state index in [4.69, 9.17) is 21.1 Å². The van der Waals surface area contributed by atoms with Gasteiger partial charge < -0.3 is 19.7 Å². The number of nitrogens with one attached hydrogen (secondary N) is 1. The van der Waals surface area contributed by atoms with Gasteiger partial charge >= 0.3 is 0 Å². The Labute approximate surface area is 205 Å². The first-order valence-corrected chi connectivity index (χ1v) is 11.6. The fourth-order valence-corrected chi connectivity index (χ4v) is 4.17. The summed E-state index contributed by atoms with van der Waals surface area (Å²) in [6, 6.07) is 17.7. The molecule has 4 rings (SSSR count). The molecule has 1 aromatic heterocycles. The number of rotatable bonds is 8. The molecule has 3 aromatic rings. The number of carbonyl (C=O) groups is 1. The minimum atomic E-state index is -0.168. The van der Waals surface area contributed by atoms with Crippen LogP contribution < -0.4 is 19.7 Å². The first-order valence-electron chi connectivity index (χ1n) is 11.2. The number of hydrogen-bond acceptors (Lipinski definition) is 6. The highest BCUT2D eigenvalue weighted by molar-refractivity contribution is 6.29. The molecule has 2 aromatic carbocycles. The average Bonchev–Trinajstić information content (AvgIpc) is 2.88. The molecular formula is C26H29ClN4O3. The van der Waals surface area contributed by atoms with E-state index < -0.39 is 0 Å². The van der Waals surface area contributed by atoms with Crippen molar-refractivity contribution in [1.29, 1.82) is 0 Å². The quantitative estimate of drug-likeness (QED) is 0.491. The second kappa shape index (κ2) is 11.2. The van der Waals surface area contributed by atoms with Crippen LogP contribution >= 0.6 is 11.6 Å². The molecule has 0 unspecified atom stereocenters. The fraction of sp³-hybridized carbons (Fsp3) is 0.308. The van der Waals surface area contributed by atoms with Crippen LogP contribution in [0, 0.1) is 0 Å². The largest absolute Gasteiger partial charge is 0.493 e. The lowest BCUT2D eigenvalue weighted by molar-refractivity contribution is 0.0950. The number of ether oxygens (including phenoxy) is 2. The van der Waals surface area contributed by atoms with Crippen molar-refractivity contribution in [2.75, 3.05) is 45.3 Å². The van der Waals surface area contributed by atoms with Crippen molar-refractivity contribution in [1.82, 2.24) is 15.2 Å². The smallest absolute Gasteiger partial charge is 0.253 e. The molecule has 0 bridgehead atoms. The predicted molar refractivity (Wildman–Crippen MR) is 134 cm³/mol. The molecule has 1 amide bonds. The van der Waals surface area contributed by atoms with E-state index >= 15 is 0 Å². The first kappa shape index (κ1) is 23.9. The average molecular weight is 481 g/mol. The topological polar surface area (TPSA) is 66.9 Å². The number of carbonyl (C=O) groups excluding carboxylic acids is 1. The summed E-state index contributed by atoms with van der Waals surface area (Å²) in [6.45, 7) is 5.16. The lowest BCUT2D eigenvalue weighted by Crippen LogP contribution is -2.46. The summed E-state index contributed by atoms with van der Waals surface area (Å²) in [5.74, 6) is 1.34. The number of halogens is 1. The molecule has 1 aliphatic rings. The van der Waals surface area contributed by atoms with Crippen LogP contribution in [-0.4, -0.2) is 56.2 Å². The highest BCUT2D eigenvalue weighted by atomic mass is 35.5. The summed E-state index contributed by atoms with van der Waals surface area (Å²) in [7, 11) is 3.31. The Kier molecular flexibility index (Phi) is 7.87. The van der Waals surface area contributed by atoms with Gasteiger partial charge in [0.15, 0.2) is 11.5 Å². The number of amides is 1. The molecular weight excluding hydrogens is 452 g/mol. The van der Waals surface area contributed by atoms with Crippen molar-refractivity contribution in [3.8, 4) is 11.5 Å². The summed E-state index contributed by atoms with van der Waals surface area (Å²) in [4.78, 5) is 21.1. The molecule has 1 aliphatic heterocycles. The molecule has 34 heavy (non-hydrogen) atoms. The number of hydrogen-bond donors (Lipinski definition) is 1. The van der Waals surface area contributed by atoms with E-state index in [1.54, 1.807) is 26.4 Å². The summed E-state index contributed by atoms with van der Waals surface area (Å²) in [5.41, 5.74) is 3.93. The van der Waals surface area contributed by atoms with Gasteiger partial charge in [-0.15, -0.1) is 0 Å². The highest BCUT2D eigenvalue weighted by Gasteiger charge is 2.18. The molecule has 0 aliphatic carbocycles. The summed E-state index contributed by atoms with van der Waals surface area (Å²) in [5, 5.41) is 3.32. The minimum Gasteiger partial charge on any atom is -0.493 e. The lowest BCUT2D eigenvalue weighted by atomic mass is 10.1. The standard InChI is InChI=1S/C26H29ClN4O3/c1-33-23-8-6-20(15-24(23)34-2)18-30-10-12-31(13-11-30)22-5-3-4-19(14-22)16-29-26(32)21-7-9-25(27)28-17-21/h3-9,14-15,17H,10-13,16,18H2,1-2H3,(H,29,32). The van der Waals surface area contributed by atoms with Crippen LogP contribution in [-0.2, 0) is 13.1 Å². The van der Waals surface area contributed by atoms with Gasteiger partial charge in [-0.2, -0.15) is 0 Å². The van der Waals surface area contributed by atoms with Gasteiger partial charge in [0.25, 0.3) is 5.91 Å². The van der Waals surface area contributed by atoms with Crippen molar-refractivity contribution >= 4 is 23.2 Å². The first-order chi connectivity index (χ1) is 16.6. The van der Waals surface area contributed by atoms with E-state index in [9.17, 15) is 4.79 Å². The van der Waals surface area contributed by atoms with Crippen LogP contribution in [0.5, 0.6) is 11.5 Å². The van der Waals surface area contributed by atoms with Gasteiger partial charge in [0.05, 0.1) is 19.8 Å². The number of benzene rings is 2. The van der Waals surface area contributed by atoms with E-state index in [0.717, 1.165) is 49.8 Å². The number of aromatic nitrogens is 1. The molecule has 0 atom stereocenters. The van der Waals surface area contributed by atoms with E-state index in [1.807, 2.05) is 24.3 Å². The molecule has 178 valence electrons. The number of piperazine rings is 1. The van der Waals surface area contributed by atoms with Crippen molar-refractivity contribution in [3.05, 3.63) is 82.6 Å². The monoisotopic (exact) mass is 480 g/mol. The van der Waals surface area contributed by atoms with Gasteiger partial charge in [-0.3, -0.25) is 9.69 Å². The van der Waals surface area contributed by atoms with Crippen LogP contribution in [0.1, 0.15) is 21.5 Å². The molecule has 0 spiro atoms. The number of nitrogens with zero attached hydrogens (tertiary/aromatic N) is 3. The molecule has 1 fully saturated rings. The Morgan fingerprint density at radius 1 is 0.971 bits per heavy atom. The maximum Gasteiger partial charge on any atom is 0.253 e. The molecule has 1 saturated heterocycles. The summed E-state index contributed by atoms with van der Waals surface area (Å²) < 4.78 is 10.8. The van der Waals surface area contributed by atoms with E-state index in [1.165, 1.54) is 17.4 Å². The third-order valence-corrected chi connectivity index (χ3v) is 6.17. The van der Waals surface area contributed by atoms with Crippen LogP contribution in [0.25, 0.3) is 0 Å². The highest BCUT2D eigenvalue weighted by Crippen LogP contribution is 2.28. The predicted octanol–water partition coefficient (Wildman–Crippen LogP) is 4.00. The second-order valence-corrected chi connectivity index (χ2v) is 8.56. The second-order valence-electron chi connectivity index (χ2n) is 8.17. The van der Waals surface area contributed by atoms with Crippen molar-refractivity contribution in [3.63, 3.8) is 0 Å². The fourth-order valence-electron chi connectivity index (χ4n) is 4.06. The van der Waals surface area contributed by atoms with Crippen molar-refractivity contribution < 1.29 is 14.3 Å². The van der Waals surface area contributed by atoms with Crippen molar-refractivity contribution in [2.24, 2.45) is 0 Å². The third kappa shape index (κ3) is 5.98. The van der Waals surface area contributed by atoms with E-state index in [0.29, 0.717) is 17.3 Å². The van der Waals surface area contributed by atoms with Crippen LogP contribution in [0.15, 0.2) is 60.8 Å². The molecule has 7 nitrogen and oxygen atoms in total. The van der Waals surface area contributed by atoms with E-state index in [2.05, 4.69) is 38.3 Å². The normalized spacial score (nSPS) is 14.0. The van der Waals surface area contributed by atoms with Gasteiger partial charge in [-0.25, -0.2) is 4.98 Å². The zero-order chi connectivity index (χ0) is 23.9. The van der Waals surface area contributed by atoms with Gasteiger partial charge in [-0.05, 0) is 47.5 Å².